The molecule has 4 nitrogen and oxygen atoms in total. The van der Waals surface area contributed by atoms with Crippen molar-refractivity contribution in [1.29, 1.82) is 0 Å². The fourth-order valence-electron chi connectivity index (χ4n) is 1.36. The van der Waals surface area contributed by atoms with Gasteiger partial charge in [-0.05, 0) is 26.7 Å². The summed E-state index contributed by atoms with van der Waals surface area (Å²) in [7, 11) is 0. The summed E-state index contributed by atoms with van der Waals surface area (Å²) in [6, 6.07) is 0.437. The van der Waals surface area contributed by atoms with Gasteiger partial charge in [0.2, 0.25) is 5.91 Å². The highest BCUT2D eigenvalue weighted by atomic mass is 16.2. The van der Waals surface area contributed by atoms with E-state index in [1.54, 1.807) is 6.33 Å². The second kappa shape index (κ2) is 3.44. The molecule has 1 saturated carbocycles. The molecule has 0 bridgehead atoms. The number of aryl methyl sites for hydroxylation is 1. The molecule has 1 aliphatic rings. The van der Waals surface area contributed by atoms with Crippen LogP contribution in [-0.4, -0.2) is 21.5 Å². The molecular formula is C10H15N3O. The number of nitrogens with one attached hydrogen (secondary N) is 1. The number of carbonyl (C=O) groups excluding carboxylic acids is 1. The van der Waals surface area contributed by atoms with Crippen LogP contribution in [0.3, 0.4) is 0 Å². The molecule has 1 fully saturated rings. The van der Waals surface area contributed by atoms with Crippen molar-refractivity contribution < 1.29 is 4.79 Å². The van der Waals surface area contributed by atoms with Crippen molar-refractivity contribution in [2.75, 3.05) is 0 Å². The van der Waals surface area contributed by atoms with E-state index in [-0.39, 0.29) is 5.91 Å². The van der Waals surface area contributed by atoms with Crippen molar-refractivity contribution in [2.45, 2.75) is 39.3 Å². The lowest BCUT2D eigenvalue weighted by Crippen LogP contribution is -2.29. The zero-order chi connectivity index (χ0) is 10.1. The lowest BCUT2D eigenvalue weighted by molar-refractivity contribution is -0.121. The van der Waals surface area contributed by atoms with Crippen molar-refractivity contribution in [3.8, 4) is 0 Å². The SMILES string of the molecule is Cc1ncn(CC(=O)NC2CC2)c1C. The Hall–Kier alpha value is -1.32. The van der Waals surface area contributed by atoms with Gasteiger partial charge in [-0.3, -0.25) is 4.79 Å². The number of hydrogen-bond donors (Lipinski definition) is 1. The molecule has 0 unspecified atom stereocenters. The van der Waals surface area contributed by atoms with Crippen molar-refractivity contribution in [1.82, 2.24) is 14.9 Å². The maximum Gasteiger partial charge on any atom is 0.240 e. The molecule has 14 heavy (non-hydrogen) atoms. The molecule has 1 amide bonds. The standard InChI is InChI=1S/C10H15N3O/c1-7-8(2)13(6-11-7)5-10(14)12-9-3-4-9/h6,9H,3-5H2,1-2H3,(H,12,14). The smallest absolute Gasteiger partial charge is 0.240 e. The largest absolute Gasteiger partial charge is 0.352 e. The van der Waals surface area contributed by atoms with Gasteiger partial charge < -0.3 is 9.88 Å². The molecule has 0 radical (unpaired) electrons. The van der Waals surface area contributed by atoms with Crippen LogP contribution in [0, 0.1) is 13.8 Å². The van der Waals surface area contributed by atoms with E-state index in [0.29, 0.717) is 12.6 Å². The molecule has 1 heterocycles. The summed E-state index contributed by atoms with van der Waals surface area (Å²) in [6.45, 7) is 4.32. The number of nitrogens with zero attached hydrogens (tertiary/aromatic N) is 2. The first-order chi connectivity index (χ1) is 6.66. The van der Waals surface area contributed by atoms with E-state index in [2.05, 4.69) is 10.3 Å². The van der Waals surface area contributed by atoms with Gasteiger partial charge >= 0.3 is 0 Å². The van der Waals surface area contributed by atoms with Gasteiger partial charge in [0.25, 0.3) is 0 Å². The van der Waals surface area contributed by atoms with Gasteiger partial charge in [-0.1, -0.05) is 0 Å². The van der Waals surface area contributed by atoms with Crippen molar-refractivity contribution in [3.63, 3.8) is 0 Å². The van der Waals surface area contributed by atoms with Gasteiger partial charge in [0, 0.05) is 11.7 Å². The zero-order valence-electron chi connectivity index (χ0n) is 8.58. The van der Waals surface area contributed by atoms with Gasteiger partial charge in [-0.2, -0.15) is 0 Å². The normalized spacial score (nSPS) is 15.6. The number of rotatable bonds is 3. The van der Waals surface area contributed by atoms with E-state index in [4.69, 9.17) is 0 Å². The molecule has 1 aliphatic carbocycles. The van der Waals surface area contributed by atoms with Crippen LogP contribution < -0.4 is 5.32 Å². The van der Waals surface area contributed by atoms with Gasteiger partial charge in [-0.25, -0.2) is 4.98 Å². The molecule has 0 saturated heterocycles. The monoisotopic (exact) mass is 193 g/mol. The maximum atomic E-state index is 11.5. The quantitative estimate of drug-likeness (QED) is 0.771. The third-order valence-electron chi connectivity index (χ3n) is 2.60. The summed E-state index contributed by atoms with van der Waals surface area (Å²) in [5.41, 5.74) is 2.06. The molecule has 76 valence electrons. The second-order valence-electron chi connectivity index (χ2n) is 3.89. The van der Waals surface area contributed by atoms with Crippen molar-refractivity contribution >= 4 is 5.91 Å². The Morgan fingerprint density at radius 3 is 2.86 bits per heavy atom. The minimum Gasteiger partial charge on any atom is -0.352 e. The summed E-state index contributed by atoms with van der Waals surface area (Å²) >= 11 is 0. The first kappa shape index (κ1) is 9.24. The number of aromatic nitrogens is 2. The molecular weight excluding hydrogens is 178 g/mol. The Kier molecular flexibility index (Phi) is 2.27. The fraction of sp³-hybridized carbons (Fsp3) is 0.600. The Morgan fingerprint density at radius 2 is 2.36 bits per heavy atom. The van der Waals surface area contributed by atoms with Gasteiger partial charge in [-0.15, -0.1) is 0 Å². The van der Waals surface area contributed by atoms with Crippen LogP contribution in [-0.2, 0) is 11.3 Å². The van der Waals surface area contributed by atoms with Crippen LogP contribution in [0.15, 0.2) is 6.33 Å². The molecule has 1 N–H and O–H groups in total. The molecule has 1 aromatic heterocycles. The molecule has 0 spiro atoms. The summed E-state index contributed by atoms with van der Waals surface area (Å²) in [6.07, 6.45) is 3.98. The van der Waals surface area contributed by atoms with Crippen LogP contribution in [0.5, 0.6) is 0 Å². The van der Waals surface area contributed by atoms with Gasteiger partial charge in [0.15, 0.2) is 0 Å². The van der Waals surface area contributed by atoms with Crippen LogP contribution in [0.25, 0.3) is 0 Å². The Labute approximate surface area is 83.3 Å². The molecule has 0 aromatic carbocycles. The highest BCUT2D eigenvalue weighted by Gasteiger charge is 2.23. The Balaban J connectivity index is 1.95. The first-order valence-corrected chi connectivity index (χ1v) is 4.94. The van der Waals surface area contributed by atoms with E-state index >= 15 is 0 Å². The average Bonchev–Trinajstić information content (AvgIpc) is 2.89. The average molecular weight is 193 g/mol. The van der Waals surface area contributed by atoms with E-state index in [9.17, 15) is 4.79 Å². The van der Waals surface area contributed by atoms with E-state index in [1.165, 1.54) is 0 Å². The minimum absolute atomic E-state index is 0.0907. The predicted octanol–water partition coefficient (Wildman–Crippen LogP) is 0.779. The minimum atomic E-state index is 0.0907. The van der Waals surface area contributed by atoms with E-state index in [1.807, 2.05) is 18.4 Å². The molecule has 2 rings (SSSR count). The lowest BCUT2D eigenvalue weighted by Gasteiger charge is -2.05. The van der Waals surface area contributed by atoms with Gasteiger partial charge in [0.05, 0.1) is 12.0 Å². The summed E-state index contributed by atoms with van der Waals surface area (Å²) < 4.78 is 1.88. The number of imidazole rings is 1. The molecule has 4 heteroatoms. The maximum absolute atomic E-state index is 11.5. The third-order valence-corrected chi connectivity index (χ3v) is 2.60. The Morgan fingerprint density at radius 1 is 1.64 bits per heavy atom. The number of carbonyl (C=O) groups is 1. The van der Waals surface area contributed by atoms with Crippen LogP contribution in [0.2, 0.25) is 0 Å². The van der Waals surface area contributed by atoms with Crippen molar-refractivity contribution in [3.05, 3.63) is 17.7 Å². The first-order valence-electron chi connectivity index (χ1n) is 4.94. The van der Waals surface area contributed by atoms with Crippen molar-refractivity contribution in [2.24, 2.45) is 0 Å². The van der Waals surface area contributed by atoms with Gasteiger partial charge in [0.1, 0.15) is 6.54 Å². The summed E-state index contributed by atoms with van der Waals surface area (Å²) in [4.78, 5) is 15.6. The second-order valence-corrected chi connectivity index (χ2v) is 3.89. The highest BCUT2D eigenvalue weighted by molar-refractivity contribution is 5.76. The lowest BCUT2D eigenvalue weighted by atomic mass is 10.4. The molecule has 0 aliphatic heterocycles. The number of hydrogen-bond acceptors (Lipinski definition) is 2. The topological polar surface area (TPSA) is 46.9 Å². The Bertz CT molecular complexity index is 352. The summed E-state index contributed by atoms with van der Waals surface area (Å²) in [5, 5.41) is 2.95. The van der Waals surface area contributed by atoms with Crippen LogP contribution in [0.4, 0.5) is 0 Å². The molecule has 1 aromatic rings. The third kappa shape index (κ3) is 1.95. The van der Waals surface area contributed by atoms with Crippen LogP contribution in [0.1, 0.15) is 24.2 Å². The zero-order valence-corrected chi connectivity index (χ0v) is 8.58. The predicted molar refractivity (Wildman–Crippen MR) is 52.9 cm³/mol. The van der Waals surface area contributed by atoms with E-state index in [0.717, 1.165) is 24.2 Å². The number of amides is 1. The van der Waals surface area contributed by atoms with Crippen LogP contribution >= 0.6 is 0 Å². The van der Waals surface area contributed by atoms with E-state index < -0.39 is 0 Å². The fourth-order valence-corrected chi connectivity index (χ4v) is 1.36. The summed E-state index contributed by atoms with van der Waals surface area (Å²) in [5.74, 6) is 0.0907. The molecule has 0 atom stereocenters. The highest BCUT2D eigenvalue weighted by Crippen LogP contribution is 2.18.